The van der Waals surface area contributed by atoms with Crippen molar-refractivity contribution in [3.63, 3.8) is 0 Å². The molecule has 2 amide bonds. The molecule has 2 unspecified atom stereocenters. The summed E-state index contributed by atoms with van der Waals surface area (Å²) in [5, 5.41) is 0. The Balaban J connectivity index is 1.03. The van der Waals surface area contributed by atoms with E-state index in [1.165, 1.54) is 18.2 Å². The van der Waals surface area contributed by atoms with Crippen LogP contribution in [-0.4, -0.2) is 66.0 Å². The monoisotopic (exact) mass is 516 g/mol. The van der Waals surface area contributed by atoms with Crippen LogP contribution in [0.3, 0.4) is 0 Å². The lowest BCUT2D eigenvalue weighted by molar-refractivity contribution is 0.182. The van der Waals surface area contributed by atoms with E-state index >= 15 is 0 Å². The summed E-state index contributed by atoms with van der Waals surface area (Å²) in [5.41, 5.74) is 4.20. The van der Waals surface area contributed by atoms with Gasteiger partial charge in [0.1, 0.15) is 11.6 Å². The summed E-state index contributed by atoms with van der Waals surface area (Å²) in [5.74, 6) is -0.249. The van der Waals surface area contributed by atoms with Crippen molar-refractivity contribution in [2.45, 2.75) is 37.8 Å². The third-order valence-corrected chi connectivity index (χ3v) is 8.29. The van der Waals surface area contributed by atoms with Crippen molar-refractivity contribution in [2.24, 2.45) is 0 Å². The third-order valence-electron chi connectivity index (χ3n) is 8.29. The number of urea groups is 1. The average Bonchev–Trinajstić information content (AvgIpc) is 3.44. The molecule has 3 heterocycles. The second kappa shape index (κ2) is 10.7. The molecule has 0 radical (unpaired) electrons. The number of hydrogen-bond donors (Lipinski definition) is 0. The van der Waals surface area contributed by atoms with Crippen LogP contribution in [0.15, 0.2) is 72.8 Å². The van der Waals surface area contributed by atoms with Gasteiger partial charge in [-0.3, -0.25) is 0 Å². The third kappa shape index (κ3) is 4.99. The minimum Gasteiger partial charge on any atom is -0.337 e. The Morgan fingerprint density at radius 3 is 2.34 bits per heavy atom. The average molecular weight is 517 g/mol. The van der Waals surface area contributed by atoms with Gasteiger partial charge in [-0.2, -0.15) is 0 Å². The van der Waals surface area contributed by atoms with Gasteiger partial charge in [0, 0.05) is 62.6 Å². The number of fused-ring (bicyclic) bond motifs is 3. The summed E-state index contributed by atoms with van der Waals surface area (Å²) in [6.07, 6.45) is 2.97. The topological polar surface area (TPSA) is 30.0 Å². The highest BCUT2D eigenvalue weighted by molar-refractivity contribution is 5.76. The number of anilines is 2. The SMILES string of the molecule is O=C1N(CCCCN2CCC3C(C2)c2cc(F)ccc2N3c2ccc(F)cc2)CCN1Cc1ccccc1. The summed E-state index contributed by atoms with van der Waals surface area (Å²) in [4.78, 5) is 21.5. The van der Waals surface area contributed by atoms with Crippen LogP contribution in [0.2, 0.25) is 0 Å². The molecule has 0 saturated carbocycles. The Bertz CT molecular complexity index is 1270. The lowest BCUT2D eigenvalue weighted by Gasteiger charge is -2.39. The maximum atomic E-state index is 14.3. The Morgan fingerprint density at radius 2 is 1.53 bits per heavy atom. The molecule has 38 heavy (non-hydrogen) atoms. The van der Waals surface area contributed by atoms with Crippen molar-refractivity contribution < 1.29 is 13.6 Å². The summed E-state index contributed by atoms with van der Waals surface area (Å²) in [6, 6.07) is 22.2. The minimum absolute atomic E-state index is 0.139. The second-order valence-corrected chi connectivity index (χ2v) is 10.7. The van der Waals surface area contributed by atoms with Crippen molar-refractivity contribution in [1.82, 2.24) is 14.7 Å². The van der Waals surface area contributed by atoms with Gasteiger partial charge >= 0.3 is 6.03 Å². The number of hydrogen-bond acceptors (Lipinski definition) is 3. The fraction of sp³-hybridized carbons (Fsp3) is 0.387. The van der Waals surface area contributed by atoms with Crippen LogP contribution in [0.25, 0.3) is 0 Å². The number of nitrogens with zero attached hydrogens (tertiary/aromatic N) is 4. The molecule has 7 heteroatoms. The minimum atomic E-state index is -0.252. The number of amides is 2. The Morgan fingerprint density at radius 1 is 0.789 bits per heavy atom. The molecule has 3 aliphatic rings. The maximum Gasteiger partial charge on any atom is 0.320 e. The van der Waals surface area contributed by atoms with Crippen LogP contribution in [0, 0.1) is 11.6 Å². The van der Waals surface area contributed by atoms with Gasteiger partial charge in [-0.1, -0.05) is 30.3 Å². The molecule has 2 saturated heterocycles. The van der Waals surface area contributed by atoms with E-state index in [1.807, 2.05) is 46.2 Å². The molecule has 0 bridgehead atoms. The van der Waals surface area contributed by atoms with Crippen LogP contribution in [-0.2, 0) is 6.54 Å². The quantitative estimate of drug-likeness (QED) is 0.345. The Kier molecular flexibility index (Phi) is 7.02. The Labute approximate surface area is 223 Å². The van der Waals surface area contributed by atoms with Crippen LogP contribution in [0.5, 0.6) is 0 Å². The van der Waals surface area contributed by atoms with E-state index in [1.54, 1.807) is 6.07 Å². The van der Waals surface area contributed by atoms with Crippen LogP contribution in [0.4, 0.5) is 25.0 Å². The molecule has 0 N–H and O–H groups in total. The number of unbranched alkanes of at least 4 members (excludes halogenated alkanes) is 1. The number of carbonyl (C=O) groups excluding carboxylic acids is 1. The van der Waals surface area contributed by atoms with Gasteiger partial charge in [-0.05, 0) is 79.4 Å². The predicted octanol–water partition coefficient (Wildman–Crippen LogP) is 5.99. The van der Waals surface area contributed by atoms with E-state index in [0.717, 1.165) is 81.0 Å². The van der Waals surface area contributed by atoms with Crippen molar-refractivity contribution >= 4 is 17.4 Å². The molecule has 198 valence electrons. The van der Waals surface area contributed by atoms with Crippen LogP contribution >= 0.6 is 0 Å². The van der Waals surface area contributed by atoms with Gasteiger partial charge in [0.25, 0.3) is 0 Å². The Hall–Kier alpha value is -3.45. The molecule has 6 rings (SSSR count). The highest BCUT2D eigenvalue weighted by Crippen LogP contribution is 2.48. The molecule has 2 fully saturated rings. The second-order valence-electron chi connectivity index (χ2n) is 10.7. The number of benzene rings is 3. The van der Waals surface area contributed by atoms with Crippen LogP contribution < -0.4 is 4.90 Å². The molecule has 2 atom stereocenters. The van der Waals surface area contributed by atoms with Gasteiger partial charge in [0.15, 0.2) is 0 Å². The molecule has 0 aliphatic carbocycles. The summed E-state index contributed by atoms with van der Waals surface area (Å²) < 4.78 is 27.8. The van der Waals surface area contributed by atoms with Crippen LogP contribution in [0.1, 0.15) is 36.3 Å². The number of halogens is 2. The maximum absolute atomic E-state index is 14.3. The highest BCUT2D eigenvalue weighted by atomic mass is 19.1. The van der Waals surface area contributed by atoms with E-state index in [9.17, 15) is 13.6 Å². The first-order chi connectivity index (χ1) is 18.6. The zero-order valence-corrected chi connectivity index (χ0v) is 21.6. The predicted molar refractivity (Wildman–Crippen MR) is 146 cm³/mol. The smallest absolute Gasteiger partial charge is 0.320 e. The molecular formula is C31H34F2N4O. The summed E-state index contributed by atoms with van der Waals surface area (Å²) in [6.45, 7) is 5.86. The van der Waals surface area contributed by atoms with Crippen molar-refractivity contribution in [3.8, 4) is 0 Å². The van der Waals surface area contributed by atoms with Gasteiger partial charge in [0.05, 0.1) is 0 Å². The van der Waals surface area contributed by atoms with Crippen molar-refractivity contribution in [3.05, 3.63) is 95.6 Å². The van der Waals surface area contributed by atoms with Gasteiger partial charge < -0.3 is 19.6 Å². The summed E-state index contributed by atoms with van der Waals surface area (Å²) in [7, 11) is 0. The number of piperidine rings is 1. The van der Waals surface area contributed by atoms with Crippen molar-refractivity contribution in [2.75, 3.05) is 44.2 Å². The fourth-order valence-electron chi connectivity index (χ4n) is 6.41. The zero-order valence-electron chi connectivity index (χ0n) is 21.6. The molecule has 3 aromatic rings. The van der Waals surface area contributed by atoms with Gasteiger partial charge in [0.2, 0.25) is 0 Å². The number of likely N-dealkylation sites (tertiary alicyclic amines) is 1. The lowest BCUT2D eigenvalue weighted by Crippen LogP contribution is -2.45. The lowest BCUT2D eigenvalue weighted by atomic mass is 9.89. The number of carbonyl (C=O) groups is 1. The van der Waals surface area contributed by atoms with E-state index in [4.69, 9.17) is 0 Å². The molecule has 5 nitrogen and oxygen atoms in total. The molecule has 3 aliphatic heterocycles. The zero-order chi connectivity index (χ0) is 26.1. The molecule has 0 aromatic heterocycles. The highest BCUT2D eigenvalue weighted by Gasteiger charge is 2.42. The number of rotatable bonds is 8. The summed E-state index contributed by atoms with van der Waals surface area (Å²) >= 11 is 0. The first-order valence-corrected chi connectivity index (χ1v) is 13.7. The van der Waals surface area contributed by atoms with E-state index in [2.05, 4.69) is 21.9 Å². The largest absolute Gasteiger partial charge is 0.337 e. The van der Waals surface area contributed by atoms with Crippen molar-refractivity contribution in [1.29, 1.82) is 0 Å². The van der Waals surface area contributed by atoms with E-state index in [0.29, 0.717) is 6.54 Å². The normalized spacial score (nSPS) is 21.2. The molecule has 3 aromatic carbocycles. The van der Waals surface area contributed by atoms with Gasteiger partial charge in [-0.25, -0.2) is 13.6 Å². The molecule has 0 spiro atoms. The molecular weight excluding hydrogens is 482 g/mol. The van der Waals surface area contributed by atoms with E-state index < -0.39 is 0 Å². The first kappa shape index (κ1) is 24.9. The standard InChI is InChI=1S/C31H34F2N4O/c32-24-8-11-26(12-9-24)37-29-13-10-25(33)20-27(29)28-22-34(17-14-30(28)37)15-4-5-16-35-18-19-36(31(35)38)21-23-6-2-1-3-7-23/h1-3,6-13,20,28,30H,4-5,14-19,21-22H2. The fourth-order valence-corrected chi connectivity index (χ4v) is 6.41. The van der Waals surface area contributed by atoms with E-state index in [-0.39, 0.29) is 29.6 Å². The first-order valence-electron chi connectivity index (χ1n) is 13.7. The van der Waals surface area contributed by atoms with Gasteiger partial charge in [-0.15, -0.1) is 0 Å².